The van der Waals surface area contributed by atoms with Crippen LogP contribution in [-0.2, 0) is 11.2 Å². The average molecular weight is 194 g/mol. The van der Waals surface area contributed by atoms with Crippen LogP contribution in [0.3, 0.4) is 0 Å². The number of benzene rings is 1. The number of aromatic hydroxyl groups is 1. The zero-order valence-electron chi connectivity index (χ0n) is 8.03. The Morgan fingerprint density at radius 2 is 2.21 bits per heavy atom. The lowest BCUT2D eigenvalue weighted by Gasteiger charge is -2.10. The number of hydrogen-bond donors (Lipinski definition) is 3. The normalized spacial score (nSPS) is 12.4. The standard InChI is InChI=1S/C10H14N2O2/c1-6-4-8(13)3-2-7(6)5-9(11)10(12)14/h2-4,9,13H,5,11H2,1H3,(H2,12,14)/t9-/m0/s1. The van der Waals surface area contributed by atoms with Crippen molar-refractivity contribution in [2.45, 2.75) is 19.4 Å². The maximum atomic E-state index is 10.7. The Morgan fingerprint density at radius 1 is 1.57 bits per heavy atom. The minimum absolute atomic E-state index is 0.207. The molecule has 4 heteroatoms. The summed E-state index contributed by atoms with van der Waals surface area (Å²) in [7, 11) is 0. The van der Waals surface area contributed by atoms with Gasteiger partial charge in [-0.2, -0.15) is 0 Å². The maximum Gasteiger partial charge on any atom is 0.234 e. The number of primary amides is 1. The minimum atomic E-state index is -0.668. The number of rotatable bonds is 3. The van der Waals surface area contributed by atoms with Crippen molar-refractivity contribution in [3.05, 3.63) is 29.3 Å². The molecule has 1 amide bonds. The van der Waals surface area contributed by atoms with Crippen molar-refractivity contribution >= 4 is 5.91 Å². The van der Waals surface area contributed by atoms with E-state index in [4.69, 9.17) is 16.6 Å². The quantitative estimate of drug-likeness (QED) is 0.635. The molecule has 1 aromatic rings. The zero-order chi connectivity index (χ0) is 10.7. The first kappa shape index (κ1) is 10.5. The van der Waals surface area contributed by atoms with Gasteiger partial charge in [0.15, 0.2) is 0 Å². The number of amides is 1. The molecule has 0 saturated heterocycles. The molecule has 1 aromatic carbocycles. The molecule has 0 aliphatic heterocycles. The van der Waals surface area contributed by atoms with Gasteiger partial charge in [-0.15, -0.1) is 0 Å². The number of carbonyl (C=O) groups excluding carboxylic acids is 1. The highest BCUT2D eigenvalue weighted by Crippen LogP contribution is 2.16. The third-order valence-corrected chi connectivity index (χ3v) is 2.13. The largest absolute Gasteiger partial charge is 0.508 e. The molecule has 0 bridgehead atoms. The zero-order valence-corrected chi connectivity index (χ0v) is 8.03. The topological polar surface area (TPSA) is 89.3 Å². The summed E-state index contributed by atoms with van der Waals surface area (Å²) < 4.78 is 0. The molecule has 0 saturated carbocycles. The molecule has 1 rings (SSSR count). The monoisotopic (exact) mass is 194 g/mol. The van der Waals surface area contributed by atoms with E-state index in [1.165, 1.54) is 0 Å². The van der Waals surface area contributed by atoms with Crippen LogP contribution in [0.15, 0.2) is 18.2 Å². The summed E-state index contributed by atoms with van der Waals surface area (Å²) in [6.07, 6.45) is 0.404. The van der Waals surface area contributed by atoms with Crippen LogP contribution in [0.25, 0.3) is 0 Å². The van der Waals surface area contributed by atoms with E-state index in [1.807, 2.05) is 6.92 Å². The van der Waals surface area contributed by atoms with Crippen LogP contribution < -0.4 is 11.5 Å². The lowest BCUT2D eigenvalue weighted by atomic mass is 10.0. The van der Waals surface area contributed by atoms with E-state index in [-0.39, 0.29) is 5.75 Å². The van der Waals surface area contributed by atoms with Crippen molar-refractivity contribution < 1.29 is 9.90 Å². The van der Waals surface area contributed by atoms with E-state index in [0.717, 1.165) is 11.1 Å². The van der Waals surface area contributed by atoms with E-state index >= 15 is 0 Å². The van der Waals surface area contributed by atoms with Gasteiger partial charge in [-0.25, -0.2) is 0 Å². The lowest BCUT2D eigenvalue weighted by molar-refractivity contribution is -0.119. The first-order valence-corrected chi connectivity index (χ1v) is 4.34. The van der Waals surface area contributed by atoms with Crippen molar-refractivity contribution in [3.63, 3.8) is 0 Å². The number of carbonyl (C=O) groups is 1. The molecule has 0 unspecified atom stereocenters. The van der Waals surface area contributed by atoms with Crippen molar-refractivity contribution in [3.8, 4) is 5.75 Å². The van der Waals surface area contributed by atoms with E-state index in [0.29, 0.717) is 6.42 Å². The highest BCUT2D eigenvalue weighted by atomic mass is 16.3. The number of phenols is 1. The second-order valence-corrected chi connectivity index (χ2v) is 3.32. The second-order valence-electron chi connectivity index (χ2n) is 3.32. The van der Waals surface area contributed by atoms with Gasteiger partial charge in [0.1, 0.15) is 5.75 Å². The molecule has 0 heterocycles. The first-order chi connectivity index (χ1) is 6.50. The predicted octanol–water partition coefficient (Wildman–Crippen LogP) is 0.0557. The van der Waals surface area contributed by atoms with E-state index in [2.05, 4.69) is 0 Å². The van der Waals surface area contributed by atoms with Gasteiger partial charge in [0.05, 0.1) is 6.04 Å². The van der Waals surface area contributed by atoms with Crippen molar-refractivity contribution in [2.24, 2.45) is 11.5 Å². The summed E-state index contributed by atoms with van der Waals surface area (Å²) in [5.74, 6) is -0.309. The molecule has 0 fully saturated rings. The summed E-state index contributed by atoms with van der Waals surface area (Å²) in [6, 6.07) is 4.27. The van der Waals surface area contributed by atoms with Crippen LogP contribution in [0, 0.1) is 6.92 Å². The molecular formula is C10H14N2O2. The predicted molar refractivity (Wildman–Crippen MR) is 53.7 cm³/mol. The van der Waals surface area contributed by atoms with Crippen LogP contribution in [0.5, 0.6) is 5.75 Å². The summed E-state index contributed by atoms with van der Waals surface area (Å²) in [6.45, 7) is 1.85. The van der Waals surface area contributed by atoms with Gasteiger partial charge in [0, 0.05) is 0 Å². The van der Waals surface area contributed by atoms with Crippen LogP contribution in [-0.4, -0.2) is 17.1 Å². The van der Waals surface area contributed by atoms with Crippen LogP contribution in [0.4, 0.5) is 0 Å². The van der Waals surface area contributed by atoms with E-state index < -0.39 is 11.9 Å². The summed E-state index contributed by atoms with van der Waals surface area (Å²) in [5.41, 5.74) is 12.4. The van der Waals surface area contributed by atoms with Crippen molar-refractivity contribution in [1.29, 1.82) is 0 Å². The summed E-state index contributed by atoms with van der Waals surface area (Å²) in [5, 5.41) is 9.16. The number of aryl methyl sites for hydroxylation is 1. The van der Waals surface area contributed by atoms with Gasteiger partial charge in [-0.3, -0.25) is 4.79 Å². The Hall–Kier alpha value is -1.55. The molecule has 4 nitrogen and oxygen atoms in total. The summed E-state index contributed by atoms with van der Waals surface area (Å²) >= 11 is 0. The van der Waals surface area contributed by atoms with Gasteiger partial charge >= 0.3 is 0 Å². The highest BCUT2D eigenvalue weighted by molar-refractivity contribution is 5.79. The maximum absolute atomic E-state index is 10.7. The molecule has 0 aromatic heterocycles. The fourth-order valence-electron chi connectivity index (χ4n) is 1.25. The molecule has 76 valence electrons. The van der Waals surface area contributed by atoms with Gasteiger partial charge in [-0.05, 0) is 36.6 Å². The Labute approximate surface area is 82.5 Å². The van der Waals surface area contributed by atoms with Crippen molar-refractivity contribution in [2.75, 3.05) is 0 Å². The Bertz CT molecular complexity index is 350. The van der Waals surface area contributed by atoms with Gasteiger partial charge in [0.2, 0.25) is 5.91 Å². The van der Waals surface area contributed by atoms with Crippen LogP contribution in [0.1, 0.15) is 11.1 Å². The Balaban J connectivity index is 2.82. The molecular weight excluding hydrogens is 180 g/mol. The smallest absolute Gasteiger partial charge is 0.234 e. The Morgan fingerprint density at radius 3 is 2.71 bits per heavy atom. The van der Waals surface area contributed by atoms with Crippen molar-refractivity contribution in [1.82, 2.24) is 0 Å². The third-order valence-electron chi connectivity index (χ3n) is 2.13. The molecule has 0 aliphatic rings. The number of nitrogens with two attached hydrogens (primary N) is 2. The second kappa shape index (κ2) is 4.11. The minimum Gasteiger partial charge on any atom is -0.508 e. The van der Waals surface area contributed by atoms with Crippen LogP contribution >= 0.6 is 0 Å². The SMILES string of the molecule is Cc1cc(O)ccc1C[C@H](N)C(N)=O. The average Bonchev–Trinajstić information content (AvgIpc) is 2.09. The summed E-state index contributed by atoms with van der Waals surface area (Å²) in [4.78, 5) is 10.7. The molecule has 5 N–H and O–H groups in total. The fraction of sp³-hybridized carbons (Fsp3) is 0.300. The number of phenolic OH excluding ortho intramolecular Hbond substituents is 1. The Kier molecular flexibility index (Phi) is 3.09. The fourth-order valence-corrected chi connectivity index (χ4v) is 1.25. The first-order valence-electron chi connectivity index (χ1n) is 4.34. The van der Waals surface area contributed by atoms with Gasteiger partial charge in [0.25, 0.3) is 0 Å². The molecule has 14 heavy (non-hydrogen) atoms. The van der Waals surface area contributed by atoms with Gasteiger partial charge in [-0.1, -0.05) is 6.07 Å². The molecule has 0 radical (unpaired) electrons. The van der Waals surface area contributed by atoms with Crippen LogP contribution in [0.2, 0.25) is 0 Å². The third kappa shape index (κ3) is 2.47. The van der Waals surface area contributed by atoms with Gasteiger partial charge < -0.3 is 16.6 Å². The highest BCUT2D eigenvalue weighted by Gasteiger charge is 2.11. The molecule has 0 aliphatic carbocycles. The van der Waals surface area contributed by atoms with E-state index in [9.17, 15) is 4.79 Å². The molecule has 1 atom stereocenters. The van der Waals surface area contributed by atoms with E-state index in [1.54, 1.807) is 18.2 Å². The lowest BCUT2D eigenvalue weighted by Crippen LogP contribution is -2.38. The number of hydrogen-bond acceptors (Lipinski definition) is 3. The molecule has 0 spiro atoms.